The maximum Gasteiger partial charge on any atom is 0.224 e. The minimum Gasteiger partial charge on any atom is -0.497 e. The fraction of sp³-hybridized carbons (Fsp3) is 0.533. The zero-order chi connectivity index (χ0) is 14.1. The van der Waals surface area contributed by atoms with Crippen LogP contribution in [0.5, 0.6) is 5.75 Å². The van der Waals surface area contributed by atoms with Gasteiger partial charge in [0, 0.05) is 12.1 Å². The molecule has 0 saturated heterocycles. The number of carbonyl (C=O) groups excluding carboxylic acids is 1. The topological polar surface area (TPSA) is 58.6 Å². The van der Waals surface area contributed by atoms with Gasteiger partial charge in [-0.1, -0.05) is 19.8 Å². The second kappa shape index (κ2) is 8.53. The molecule has 0 radical (unpaired) electrons. The van der Waals surface area contributed by atoms with Crippen LogP contribution >= 0.6 is 0 Å². The van der Waals surface area contributed by atoms with Gasteiger partial charge in [0.15, 0.2) is 0 Å². The molecule has 1 aromatic carbocycles. The molecular formula is C15H23NO3. The summed E-state index contributed by atoms with van der Waals surface area (Å²) in [7, 11) is 1.60. The third-order valence-corrected chi connectivity index (χ3v) is 2.97. The molecule has 0 aromatic heterocycles. The van der Waals surface area contributed by atoms with Gasteiger partial charge in [-0.15, -0.1) is 0 Å². The molecule has 1 rings (SSSR count). The van der Waals surface area contributed by atoms with Crippen molar-refractivity contribution in [3.8, 4) is 5.75 Å². The van der Waals surface area contributed by atoms with E-state index in [0.717, 1.165) is 30.7 Å². The Labute approximate surface area is 114 Å². The highest BCUT2D eigenvalue weighted by Crippen LogP contribution is 2.15. The second-order valence-electron chi connectivity index (χ2n) is 4.61. The van der Waals surface area contributed by atoms with Crippen LogP contribution in [-0.2, 0) is 4.79 Å². The van der Waals surface area contributed by atoms with Gasteiger partial charge in [-0.2, -0.15) is 0 Å². The van der Waals surface area contributed by atoms with E-state index >= 15 is 0 Å². The van der Waals surface area contributed by atoms with Gasteiger partial charge in [0.25, 0.3) is 0 Å². The van der Waals surface area contributed by atoms with Crippen LogP contribution in [0.4, 0.5) is 5.69 Å². The molecule has 1 amide bonds. The molecule has 0 aliphatic rings. The fourth-order valence-electron chi connectivity index (χ4n) is 1.78. The van der Waals surface area contributed by atoms with Crippen molar-refractivity contribution in [2.45, 2.75) is 45.1 Å². The van der Waals surface area contributed by atoms with Crippen molar-refractivity contribution in [3.05, 3.63) is 24.3 Å². The van der Waals surface area contributed by atoms with Gasteiger partial charge in [-0.25, -0.2) is 0 Å². The van der Waals surface area contributed by atoms with E-state index in [1.807, 2.05) is 0 Å². The number of unbranched alkanes of at least 4 members (excludes halogenated alkanes) is 1. The number of ether oxygens (including phenoxy) is 1. The standard InChI is InChI=1S/C15H23NO3/c1-3-4-5-13(17)8-11-15(18)16-12-6-9-14(19-2)10-7-12/h6-7,9-10,13,17H,3-5,8,11H2,1-2H3,(H,16,18). The van der Waals surface area contributed by atoms with Crippen LogP contribution in [0.1, 0.15) is 39.0 Å². The van der Waals surface area contributed by atoms with E-state index < -0.39 is 0 Å². The quantitative estimate of drug-likeness (QED) is 0.759. The molecule has 0 fully saturated rings. The number of benzene rings is 1. The average molecular weight is 265 g/mol. The summed E-state index contributed by atoms with van der Waals surface area (Å²) in [5.74, 6) is 0.689. The van der Waals surface area contributed by atoms with Crippen LogP contribution in [0.2, 0.25) is 0 Å². The van der Waals surface area contributed by atoms with Crippen molar-refractivity contribution in [1.82, 2.24) is 0 Å². The summed E-state index contributed by atoms with van der Waals surface area (Å²) >= 11 is 0. The number of aliphatic hydroxyl groups is 1. The van der Waals surface area contributed by atoms with Gasteiger partial charge < -0.3 is 15.2 Å². The Hall–Kier alpha value is -1.55. The predicted molar refractivity (Wildman–Crippen MR) is 76.4 cm³/mol. The number of aliphatic hydroxyl groups excluding tert-OH is 1. The lowest BCUT2D eigenvalue weighted by atomic mass is 10.1. The summed E-state index contributed by atoms with van der Waals surface area (Å²) in [6.45, 7) is 2.09. The third kappa shape index (κ3) is 6.25. The Balaban J connectivity index is 2.30. The van der Waals surface area contributed by atoms with Crippen molar-refractivity contribution in [1.29, 1.82) is 0 Å². The van der Waals surface area contributed by atoms with E-state index in [0.29, 0.717) is 12.8 Å². The molecule has 1 atom stereocenters. The van der Waals surface area contributed by atoms with E-state index in [9.17, 15) is 9.90 Å². The number of nitrogens with one attached hydrogen (secondary N) is 1. The highest BCUT2D eigenvalue weighted by molar-refractivity contribution is 5.90. The molecule has 4 nitrogen and oxygen atoms in total. The largest absolute Gasteiger partial charge is 0.497 e. The fourth-order valence-corrected chi connectivity index (χ4v) is 1.78. The van der Waals surface area contributed by atoms with Gasteiger partial charge in [-0.3, -0.25) is 4.79 Å². The summed E-state index contributed by atoms with van der Waals surface area (Å²) in [4.78, 5) is 11.7. The van der Waals surface area contributed by atoms with E-state index in [1.165, 1.54) is 0 Å². The Morgan fingerprint density at radius 3 is 2.58 bits per heavy atom. The first kappa shape index (κ1) is 15.5. The van der Waals surface area contributed by atoms with E-state index in [-0.39, 0.29) is 12.0 Å². The van der Waals surface area contributed by atoms with Crippen molar-refractivity contribution in [3.63, 3.8) is 0 Å². The van der Waals surface area contributed by atoms with E-state index in [1.54, 1.807) is 31.4 Å². The molecule has 1 unspecified atom stereocenters. The second-order valence-corrected chi connectivity index (χ2v) is 4.61. The molecular weight excluding hydrogens is 242 g/mol. The van der Waals surface area contributed by atoms with Crippen molar-refractivity contribution >= 4 is 11.6 Å². The van der Waals surface area contributed by atoms with Crippen molar-refractivity contribution < 1.29 is 14.6 Å². The highest BCUT2D eigenvalue weighted by atomic mass is 16.5. The minimum atomic E-state index is -0.374. The summed E-state index contributed by atoms with van der Waals surface area (Å²) in [6.07, 6.45) is 3.32. The van der Waals surface area contributed by atoms with Crippen LogP contribution in [0.3, 0.4) is 0 Å². The molecule has 2 N–H and O–H groups in total. The highest BCUT2D eigenvalue weighted by Gasteiger charge is 2.08. The van der Waals surface area contributed by atoms with E-state index in [2.05, 4.69) is 12.2 Å². The van der Waals surface area contributed by atoms with Gasteiger partial charge >= 0.3 is 0 Å². The molecule has 19 heavy (non-hydrogen) atoms. The Morgan fingerprint density at radius 1 is 1.32 bits per heavy atom. The smallest absolute Gasteiger partial charge is 0.224 e. The molecule has 0 spiro atoms. The summed E-state index contributed by atoms with van der Waals surface area (Å²) in [5, 5.41) is 12.5. The lowest BCUT2D eigenvalue weighted by molar-refractivity contribution is -0.116. The molecule has 0 aliphatic heterocycles. The van der Waals surface area contributed by atoms with Crippen LogP contribution in [0, 0.1) is 0 Å². The van der Waals surface area contributed by atoms with Gasteiger partial charge in [0.2, 0.25) is 5.91 Å². The van der Waals surface area contributed by atoms with Gasteiger partial charge in [0.05, 0.1) is 13.2 Å². The molecule has 0 aliphatic carbocycles. The SMILES string of the molecule is CCCCC(O)CCC(=O)Nc1ccc(OC)cc1. The number of methoxy groups -OCH3 is 1. The Morgan fingerprint density at radius 2 is 2.00 bits per heavy atom. The minimum absolute atomic E-state index is 0.0688. The first-order valence-electron chi connectivity index (χ1n) is 6.77. The zero-order valence-corrected chi connectivity index (χ0v) is 11.7. The van der Waals surface area contributed by atoms with Crippen molar-refractivity contribution in [2.75, 3.05) is 12.4 Å². The molecule has 106 valence electrons. The number of carbonyl (C=O) groups is 1. The molecule has 1 aromatic rings. The normalized spacial score (nSPS) is 11.9. The molecule has 0 heterocycles. The average Bonchev–Trinajstić information content (AvgIpc) is 2.43. The first-order chi connectivity index (χ1) is 9.15. The predicted octanol–water partition coefficient (Wildman–Crippen LogP) is 2.97. The zero-order valence-electron chi connectivity index (χ0n) is 11.7. The monoisotopic (exact) mass is 265 g/mol. The van der Waals surface area contributed by atoms with Gasteiger partial charge in [-0.05, 0) is 37.1 Å². The van der Waals surface area contributed by atoms with Crippen LogP contribution in [0.15, 0.2) is 24.3 Å². The van der Waals surface area contributed by atoms with Crippen LogP contribution < -0.4 is 10.1 Å². The molecule has 0 saturated carbocycles. The third-order valence-electron chi connectivity index (χ3n) is 2.97. The maximum atomic E-state index is 11.7. The number of hydrogen-bond acceptors (Lipinski definition) is 3. The number of anilines is 1. The molecule has 0 bridgehead atoms. The Kier molecular flexibility index (Phi) is 6.97. The Bertz CT molecular complexity index is 375. The van der Waals surface area contributed by atoms with Crippen molar-refractivity contribution in [2.24, 2.45) is 0 Å². The lowest BCUT2D eigenvalue weighted by Crippen LogP contribution is -2.15. The number of rotatable bonds is 8. The number of amides is 1. The molecule has 4 heteroatoms. The van der Waals surface area contributed by atoms with Gasteiger partial charge in [0.1, 0.15) is 5.75 Å². The maximum absolute atomic E-state index is 11.7. The van der Waals surface area contributed by atoms with Crippen LogP contribution in [-0.4, -0.2) is 24.2 Å². The summed E-state index contributed by atoms with van der Waals surface area (Å²) in [6, 6.07) is 7.19. The summed E-state index contributed by atoms with van der Waals surface area (Å²) in [5.41, 5.74) is 0.744. The summed E-state index contributed by atoms with van der Waals surface area (Å²) < 4.78 is 5.04. The first-order valence-corrected chi connectivity index (χ1v) is 6.77. The van der Waals surface area contributed by atoms with Crippen LogP contribution in [0.25, 0.3) is 0 Å². The van der Waals surface area contributed by atoms with E-state index in [4.69, 9.17) is 4.74 Å². The lowest BCUT2D eigenvalue weighted by Gasteiger charge is -2.10. The number of hydrogen-bond donors (Lipinski definition) is 2.